The van der Waals surface area contributed by atoms with Gasteiger partial charge in [0.2, 0.25) is 0 Å². The normalized spacial score (nSPS) is 14.4. The van der Waals surface area contributed by atoms with Gasteiger partial charge in [-0.3, -0.25) is 9.48 Å². The molecule has 1 aromatic carbocycles. The van der Waals surface area contributed by atoms with E-state index in [1.165, 1.54) is 19.2 Å². The smallest absolute Gasteiger partial charge is 0.260 e. The SMILES string of the molecule is COc1cc(F)ccc1N1CCN(C(=O)COc2c(C)nn(C)c2C)CC1. The molecule has 1 saturated heterocycles. The second-order valence-electron chi connectivity index (χ2n) is 6.60. The Bertz CT molecular complexity index is 829. The minimum atomic E-state index is -0.331. The van der Waals surface area contributed by atoms with Gasteiger partial charge in [0, 0.05) is 39.3 Å². The maximum absolute atomic E-state index is 13.4. The molecule has 146 valence electrons. The van der Waals surface area contributed by atoms with Crippen molar-refractivity contribution in [1.29, 1.82) is 0 Å². The maximum Gasteiger partial charge on any atom is 0.260 e. The van der Waals surface area contributed by atoms with E-state index < -0.39 is 0 Å². The lowest BCUT2D eigenvalue weighted by Gasteiger charge is -2.36. The molecule has 0 atom stereocenters. The number of amides is 1. The predicted molar refractivity (Wildman–Crippen MR) is 99.9 cm³/mol. The van der Waals surface area contributed by atoms with Crippen molar-refractivity contribution < 1.29 is 18.7 Å². The van der Waals surface area contributed by atoms with Crippen molar-refractivity contribution >= 4 is 11.6 Å². The second kappa shape index (κ2) is 7.85. The number of hydrogen-bond donors (Lipinski definition) is 0. The molecule has 0 radical (unpaired) electrons. The van der Waals surface area contributed by atoms with Gasteiger partial charge in [-0.15, -0.1) is 0 Å². The number of methoxy groups -OCH3 is 1. The number of nitrogens with zero attached hydrogens (tertiary/aromatic N) is 4. The van der Waals surface area contributed by atoms with Crippen LogP contribution in [0.25, 0.3) is 0 Å². The van der Waals surface area contributed by atoms with Gasteiger partial charge < -0.3 is 19.3 Å². The zero-order valence-electron chi connectivity index (χ0n) is 16.2. The summed E-state index contributed by atoms with van der Waals surface area (Å²) in [5.41, 5.74) is 2.51. The number of carbonyl (C=O) groups is 1. The molecule has 0 bridgehead atoms. The fraction of sp³-hybridized carbons (Fsp3) is 0.474. The Morgan fingerprint density at radius 3 is 2.52 bits per heavy atom. The van der Waals surface area contributed by atoms with E-state index in [4.69, 9.17) is 9.47 Å². The molecule has 1 aliphatic rings. The topological polar surface area (TPSA) is 59.8 Å². The monoisotopic (exact) mass is 376 g/mol. The predicted octanol–water partition coefficient (Wildman–Crippen LogP) is 1.91. The molecule has 1 aromatic heterocycles. The number of rotatable bonds is 5. The van der Waals surface area contributed by atoms with Crippen LogP contribution in [0.4, 0.5) is 10.1 Å². The van der Waals surface area contributed by atoms with Gasteiger partial charge in [-0.05, 0) is 26.0 Å². The summed E-state index contributed by atoms with van der Waals surface area (Å²) in [6.07, 6.45) is 0. The number of ether oxygens (including phenoxy) is 2. The van der Waals surface area contributed by atoms with Crippen molar-refractivity contribution in [3.63, 3.8) is 0 Å². The van der Waals surface area contributed by atoms with E-state index in [-0.39, 0.29) is 18.3 Å². The lowest BCUT2D eigenvalue weighted by atomic mass is 10.2. The number of aromatic nitrogens is 2. The highest BCUT2D eigenvalue weighted by Gasteiger charge is 2.24. The first kappa shape index (κ1) is 19.0. The van der Waals surface area contributed by atoms with Gasteiger partial charge in [0.15, 0.2) is 12.4 Å². The van der Waals surface area contributed by atoms with Gasteiger partial charge in [0.25, 0.3) is 5.91 Å². The molecule has 8 heteroatoms. The van der Waals surface area contributed by atoms with Crippen molar-refractivity contribution in [2.75, 3.05) is 44.8 Å². The van der Waals surface area contributed by atoms with Gasteiger partial charge >= 0.3 is 0 Å². The highest BCUT2D eigenvalue weighted by atomic mass is 19.1. The lowest BCUT2D eigenvalue weighted by Crippen LogP contribution is -2.50. The molecule has 2 aromatic rings. The van der Waals surface area contributed by atoms with Crippen molar-refractivity contribution in [1.82, 2.24) is 14.7 Å². The van der Waals surface area contributed by atoms with Crippen LogP contribution in [-0.4, -0.2) is 60.5 Å². The Hall–Kier alpha value is -2.77. The van der Waals surface area contributed by atoms with Crippen molar-refractivity contribution in [3.05, 3.63) is 35.4 Å². The summed E-state index contributed by atoms with van der Waals surface area (Å²) in [5, 5.41) is 4.29. The zero-order valence-corrected chi connectivity index (χ0v) is 16.2. The summed E-state index contributed by atoms with van der Waals surface area (Å²) in [6.45, 7) is 6.22. The molecule has 1 amide bonds. The first-order valence-corrected chi connectivity index (χ1v) is 8.90. The third-order valence-corrected chi connectivity index (χ3v) is 4.90. The van der Waals surface area contributed by atoms with Gasteiger partial charge in [0.05, 0.1) is 18.5 Å². The summed E-state index contributed by atoms with van der Waals surface area (Å²) >= 11 is 0. The molecule has 1 fully saturated rings. The molecule has 27 heavy (non-hydrogen) atoms. The summed E-state index contributed by atoms with van der Waals surface area (Å²) < 4.78 is 26.1. The molecule has 2 heterocycles. The minimum Gasteiger partial charge on any atom is -0.494 e. The van der Waals surface area contributed by atoms with E-state index in [9.17, 15) is 9.18 Å². The molecule has 3 rings (SSSR count). The zero-order chi connectivity index (χ0) is 19.6. The van der Waals surface area contributed by atoms with Crippen molar-refractivity contribution in [2.24, 2.45) is 7.05 Å². The molecule has 1 aliphatic heterocycles. The number of halogens is 1. The summed E-state index contributed by atoms with van der Waals surface area (Å²) in [5.74, 6) is 0.784. The van der Waals surface area contributed by atoms with Gasteiger partial charge in [-0.1, -0.05) is 0 Å². The maximum atomic E-state index is 13.4. The van der Waals surface area contributed by atoms with Crippen molar-refractivity contribution in [3.8, 4) is 11.5 Å². The first-order chi connectivity index (χ1) is 12.9. The molecular weight excluding hydrogens is 351 g/mol. The molecule has 0 N–H and O–H groups in total. The van der Waals surface area contributed by atoms with Crippen LogP contribution in [0.3, 0.4) is 0 Å². The third-order valence-electron chi connectivity index (χ3n) is 4.90. The fourth-order valence-electron chi connectivity index (χ4n) is 3.30. The third kappa shape index (κ3) is 3.99. The highest BCUT2D eigenvalue weighted by Crippen LogP contribution is 2.29. The molecular formula is C19H25FN4O3. The first-order valence-electron chi connectivity index (χ1n) is 8.90. The van der Waals surface area contributed by atoms with Crippen LogP contribution >= 0.6 is 0 Å². The number of benzene rings is 1. The van der Waals surface area contributed by atoms with E-state index in [1.54, 1.807) is 15.6 Å². The largest absolute Gasteiger partial charge is 0.494 e. The number of anilines is 1. The number of aryl methyl sites for hydroxylation is 2. The second-order valence-corrected chi connectivity index (χ2v) is 6.60. The molecule has 0 spiro atoms. The van der Waals surface area contributed by atoms with E-state index in [2.05, 4.69) is 10.00 Å². The summed E-state index contributed by atoms with van der Waals surface area (Å²) in [4.78, 5) is 16.4. The highest BCUT2D eigenvalue weighted by molar-refractivity contribution is 5.78. The minimum absolute atomic E-state index is 0.00670. The number of piperazine rings is 1. The van der Waals surface area contributed by atoms with Crippen LogP contribution in [0.1, 0.15) is 11.4 Å². The Morgan fingerprint density at radius 1 is 1.22 bits per heavy atom. The molecule has 0 saturated carbocycles. The standard InChI is InChI=1S/C19H25FN4O3/c1-13-19(14(2)22(3)21-13)27-12-18(25)24-9-7-23(8-10-24)16-6-5-15(20)11-17(16)26-4/h5-6,11H,7-10,12H2,1-4H3. The van der Waals surface area contributed by atoms with Crippen LogP contribution < -0.4 is 14.4 Å². The Balaban J connectivity index is 1.56. The molecule has 7 nitrogen and oxygen atoms in total. The van der Waals surface area contributed by atoms with Crippen LogP contribution in [0, 0.1) is 19.7 Å². The Kier molecular flexibility index (Phi) is 5.53. The van der Waals surface area contributed by atoms with Gasteiger partial charge in [-0.2, -0.15) is 5.10 Å². The average molecular weight is 376 g/mol. The number of hydrogen-bond acceptors (Lipinski definition) is 5. The van der Waals surface area contributed by atoms with Crippen molar-refractivity contribution in [2.45, 2.75) is 13.8 Å². The van der Waals surface area contributed by atoms with Crippen LogP contribution in [-0.2, 0) is 11.8 Å². The lowest BCUT2D eigenvalue weighted by molar-refractivity contribution is -0.133. The number of carbonyl (C=O) groups excluding carboxylic acids is 1. The quantitative estimate of drug-likeness (QED) is 0.798. The van der Waals surface area contributed by atoms with Crippen LogP contribution in [0.15, 0.2) is 18.2 Å². The van der Waals surface area contributed by atoms with Gasteiger partial charge in [-0.25, -0.2) is 4.39 Å². The Labute approximate surface area is 158 Å². The molecule has 0 aliphatic carbocycles. The summed E-state index contributed by atoms with van der Waals surface area (Å²) in [6, 6.07) is 4.50. The van der Waals surface area contributed by atoms with E-state index in [0.717, 1.165) is 17.1 Å². The fourth-order valence-corrected chi connectivity index (χ4v) is 3.30. The average Bonchev–Trinajstić information content (AvgIpc) is 2.91. The van der Waals surface area contributed by atoms with Crippen LogP contribution in [0.2, 0.25) is 0 Å². The van der Waals surface area contributed by atoms with E-state index >= 15 is 0 Å². The van der Waals surface area contributed by atoms with E-state index in [1.807, 2.05) is 20.9 Å². The van der Waals surface area contributed by atoms with Crippen LogP contribution in [0.5, 0.6) is 11.5 Å². The van der Waals surface area contributed by atoms with E-state index in [0.29, 0.717) is 37.7 Å². The summed E-state index contributed by atoms with van der Waals surface area (Å²) in [7, 11) is 3.37. The van der Waals surface area contributed by atoms with Gasteiger partial charge in [0.1, 0.15) is 17.3 Å². The molecule has 0 unspecified atom stereocenters. The Morgan fingerprint density at radius 2 is 1.93 bits per heavy atom.